The molecule has 0 bridgehead atoms. The van der Waals surface area contributed by atoms with E-state index in [9.17, 15) is 5.11 Å². The maximum atomic E-state index is 9.63. The van der Waals surface area contributed by atoms with E-state index in [1.807, 2.05) is 24.3 Å². The number of hydrogen-bond acceptors (Lipinski definition) is 2. The van der Waals surface area contributed by atoms with Gasteiger partial charge in [-0.05, 0) is 12.1 Å². The van der Waals surface area contributed by atoms with Gasteiger partial charge in [0.1, 0.15) is 11.9 Å². The van der Waals surface area contributed by atoms with Gasteiger partial charge in [0.15, 0.2) is 0 Å². The van der Waals surface area contributed by atoms with E-state index in [1.165, 1.54) is 0 Å². The lowest BCUT2D eigenvalue weighted by molar-refractivity contribution is 0.239. The maximum absolute atomic E-state index is 9.63. The molecule has 0 aliphatic carbocycles. The normalized spacial score (nSPS) is 12.0. The quantitative estimate of drug-likeness (QED) is 0.752. The van der Waals surface area contributed by atoms with Gasteiger partial charge >= 0.3 is 0 Å². The SMILES string of the molecule is C#CC(O)c1ccccc1-c1ccco1. The second-order valence-electron chi connectivity index (χ2n) is 3.13. The van der Waals surface area contributed by atoms with Crippen molar-refractivity contribution in [3.63, 3.8) is 0 Å². The van der Waals surface area contributed by atoms with E-state index in [-0.39, 0.29) is 0 Å². The third-order valence-corrected chi connectivity index (χ3v) is 2.20. The first-order valence-corrected chi connectivity index (χ1v) is 4.60. The Labute approximate surface area is 88.2 Å². The van der Waals surface area contributed by atoms with Crippen LogP contribution in [0.4, 0.5) is 0 Å². The van der Waals surface area contributed by atoms with Crippen molar-refractivity contribution in [1.29, 1.82) is 0 Å². The van der Waals surface area contributed by atoms with Crippen LogP contribution in [-0.2, 0) is 0 Å². The van der Waals surface area contributed by atoms with Crippen molar-refractivity contribution in [2.24, 2.45) is 0 Å². The lowest BCUT2D eigenvalue weighted by Gasteiger charge is -2.08. The second kappa shape index (κ2) is 4.04. The van der Waals surface area contributed by atoms with Gasteiger partial charge in [-0.1, -0.05) is 30.2 Å². The Morgan fingerprint density at radius 1 is 1.20 bits per heavy atom. The average Bonchev–Trinajstić information content (AvgIpc) is 2.81. The van der Waals surface area contributed by atoms with Crippen LogP contribution in [0.2, 0.25) is 0 Å². The van der Waals surface area contributed by atoms with E-state index < -0.39 is 6.10 Å². The molecular weight excluding hydrogens is 188 g/mol. The molecule has 0 aliphatic rings. The highest BCUT2D eigenvalue weighted by molar-refractivity contribution is 5.63. The van der Waals surface area contributed by atoms with Crippen LogP contribution in [0.1, 0.15) is 11.7 Å². The Morgan fingerprint density at radius 2 is 2.00 bits per heavy atom. The molecule has 2 heteroatoms. The monoisotopic (exact) mass is 198 g/mol. The fraction of sp³-hybridized carbons (Fsp3) is 0.0769. The highest BCUT2D eigenvalue weighted by atomic mass is 16.3. The fourth-order valence-corrected chi connectivity index (χ4v) is 1.48. The summed E-state index contributed by atoms with van der Waals surface area (Å²) < 4.78 is 5.28. The molecule has 0 aliphatic heterocycles. The van der Waals surface area contributed by atoms with E-state index >= 15 is 0 Å². The second-order valence-corrected chi connectivity index (χ2v) is 3.13. The van der Waals surface area contributed by atoms with E-state index in [0.29, 0.717) is 11.3 Å². The first kappa shape index (κ1) is 9.57. The first-order chi connectivity index (χ1) is 7.33. The lowest BCUT2D eigenvalue weighted by atomic mass is 10.0. The minimum Gasteiger partial charge on any atom is -0.464 e. The zero-order valence-corrected chi connectivity index (χ0v) is 8.05. The van der Waals surface area contributed by atoms with Gasteiger partial charge < -0.3 is 9.52 Å². The van der Waals surface area contributed by atoms with Gasteiger partial charge in [0.2, 0.25) is 0 Å². The topological polar surface area (TPSA) is 33.4 Å². The third kappa shape index (κ3) is 1.78. The summed E-state index contributed by atoms with van der Waals surface area (Å²) >= 11 is 0. The summed E-state index contributed by atoms with van der Waals surface area (Å²) in [7, 11) is 0. The van der Waals surface area contributed by atoms with Crippen molar-refractivity contribution in [3.8, 4) is 23.7 Å². The number of aliphatic hydroxyl groups excluding tert-OH is 1. The van der Waals surface area contributed by atoms with Gasteiger partial charge in [-0.15, -0.1) is 6.42 Å². The molecular formula is C13H10O2. The van der Waals surface area contributed by atoms with Gasteiger partial charge in [0, 0.05) is 11.1 Å². The molecule has 1 aromatic heterocycles. The van der Waals surface area contributed by atoms with Crippen molar-refractivity contribution in [1.82, 2.24) is 0 Å². The largest absolute Gasteiger partial charge is 0.464 e. The van der Waals surface area contributed by atoms with E-state index in [1.54, 1.807) is 18.4 Å². The molecule has 0 radical (unpaired) electrons. The summed E-state index contributed by atoms with van der Waals surface area (Å²) in [5.41, 5.74) is 1.52. The van der Waals surface area contributed by atoms with Crippen LogP contribution in [0, 0.1) is 12.3 Å². The molecule has 2 aromatic rings. The van der Waals surface area contributed by atoms with Crippen molar-refractivity contribution in [2.45, 2.75) is 6.10 Å². The molecule has 0 saturated carbocycles. The third-order valence-electron chi connectivity index (χ3n) is 2.20. The van der Waals surface area contributed by atoms with Gasteiger partial charge in [-0.25, -0.2) is 0 Å². The summed E-state index contributed by atoms with van der Waals surface area (Å²) in [5, 5.41) is 9.63. The van der Waals surface area contributed by atoms with Crippen LogP contribution < -0.4 is 0 Å². The molecule has 0 fully saturated rings. The molecule has 0 amide bonds. The highest BCUT2D eigenvalue weighted by Gasteiger charge is 2.11. The summed E-state index contributed by atoms with van der Waals surface area (Å²) in [6.07, 6.45) is 5.89. The number of rotatable bonds is 2. The van der Waals surface area contributed by atoms with Gasteiger partial charge in [-0.3, -0.25) is 0 Å². The smallest absolute Gasteiger partial charge is 0.140 e. The summed E-state index contributed by atoms with van der Waals surface area (Å²) in [6.45, 7) is 0. The number of furan rings is 1. The molecule has 1 unspecified atom stereocenters. The predicted molar refractivity (Wildman–Crippen MR) is 57.9 cm³/mol. The molecule has 1 atom stereocenters. The summed E-state index contributed by atoms with van der Waals surface area (Å²) in [4.78, 5) is 0. The van der Waals surface area contributed by atoms with Crippen molar-refractivity contribution >= 4 is 0 Å². The minimum atomic E-state index is -0.897. The first-order valence-electron chi connectivity index (χ1n) is 4.60. The predicted octanol–water partition coefficient (Wildman–Crippen LogP) is 2.61. The van der Waals surface area contributed by atoms with Crippen molar-refractivity contribution in [2.75, 3.05) is 0 Å². The zero-order chi connectivity index (χ0) is 10.7. The Morgan fingerprint density at radius 3 is 2.67 bits per heavy atom. The minimum absolute atomic E-state index is 0.690. The highest BCUT2D eigenvalue weighted by Crippen LogP contribution is 2.27. The Balaban J connectivity index is 2.53. The average molecular weight is 198 g/mol. The van der Waals surface area contributed by atoms with E-state index in [4.69, 9.17) is 10.8 Å². The Bertz CT molecular complexity index is 477. The molecule has 0 spiro atoms. The molecule has 2 nitrogen and oxygen atoms in total. The molecule has 2 rings (SSSR count). The summed E-state index contributed by atoms with van der Waals surface area (Å²) in [6, 6.07) is 11.0. The van der Waals surface area contributed by atoms with Gasteiger partial charge in [0.25, 0.3) is 0 Å². The van der Waals surface area contributed by atoms with E-state index in [0.717, 1.165) is 5.56 Å². The van der Waals surface area contributed by atoms with Gasteiger partial charge in [-0.2, -0.15) is 0 Å². The van der Waals surface area contributed by atoms with Crippen molar-refractivity contribution < 1.29 is 9.52 Å². The lowest BCUT2D eigenvalue weighted by Crippen LogP contribution is -1.95. The van der Waals surface area contributed by atoms with Crippen LogP contribution in [-0.4, -0.2) is 5.11 Å². The number of hydrogen-bond donors (Lipinski definition) is 1. The standard InChI is InChI=1S/C13H10O2/c1-2-12(14)10-6-3-4-7-11(10)13-8-5-9-15-13/h1,3-9,12,14H. The Hall–Kier alpha value is -1.98. The number of aliphatic hydroxyl groups is 1. The molecule has 1 aromatic carbocycles. The maximum Gasteiger partial charge on any atom is 0.140 e. The Kier molecular flexibility index (Phi) is 2.57. The summed E-state index contributed by atoms with van der Waals surface area (Å²) in [5.74, 6) is 3.01. The van der Waals surface area contributed by atoms with Crippen molar-refractivity contribution in [3.05, 3.63) is 48.2 Å². The molecule has 74 valence electrons. The van der Waals surface area contributed by atoms with Crippen LogP contribution in [0.15, 0.2) is 47.1 Å². The molecule has 1 heterocycles. The van der Waals surface area contributed by atoms with Crippen LogP contribution in [0.3, 0.4) is 0 Å². The number of benzene rings is 1. The molecule has 1 N–H and O–H groups in total. The van der Waals surface area contributed by atoms with Gasteiger partial charge in [0.05, 0.1) is 6.26 Å². The molecule has 15 heavy (non-hydrogen) atoms. The van der Waals surface area contributed by atoms with E-state index in [2.05, 4.69) is 5.92 Å². The zero-order valence-electron chi connectivity index (χ0n) is 8.05. The van der Waals surface area contributed by atoms with Crippen LogP contribution >= 0.6 is 0 Å². The number of terminal acetylenes is 1. The molecule has 0 saturated heterocycles. The van der Waals surface area contributed by atoms with Crippen LogP contribution in [0.25, 0.3) is 11.3 Å². The van der Waals surface area contributed by atoms with Crippen LogP contribution in [0.5, 0.6) is 0 Å². The fourth-order valence-electron chi connectivity index (χ4n) is 1.48.